The summed E-state index contributed by atoms with van der Waals surface area (Å²) >= 11 is 0. The standard InChI is InChI=1S/C18H18FN3O2/c1-12-7-8-20-11-15(12)21-17(23)18(24)22-9-3-6-16(22)13-4-2-5-14(19)10-13/h2,4-5,7-8,10-11,16H,3,6,9H2,1H3,(H,21,23)/t16-/m0/s1. The summed E-state index contributed by atoms with van der Waals surface area (Å²) in [5.74, 6) is -1.65. The molecule has 2 aromatic rings. The molecule has 0 bridgehead atoms. The SMILES string of the molecule is Cc1ccncc1NC(=O)C(=O)N1CCC[C@H]1c1cccc(F)c1. The number of amides is 2. The third-order valence-corrected chi connectivity index (χ3v) is 4.23. The Labute approximate surface area is 139 Å². The van der Waals surface area contributed by atoms with Gasteiger partial charge in [0.2, 0.25) is 0 Å². The van der Waals surface area contributed by atoms with E-state index in [0.717, 1.165) is 12.0 Å². The molecular formula is C18H18FN3O2. The Kier molecular flexibility index (Phi) is 4.55. The van der Waals surface area contributed by atoms with Crippen LogP contribution >= 0.6 is 0 Å². The molecule has 1 N–H and O–H groups in total. The fourth-order valence-corrected chi connectivity index (χ4v) is 2.97. The minimum atomic E-state index is -0.700. The number of pyridine rings is 1. The van der Waals surface area contributed by atoms with E-state index in [0.29, 0.717) is 24.2 Å². The Hall–Kier alpha value is -2.76. The third-order valence-electron chi connectivity index (χ3n) is 4.23. The summed E-state index contributed by atoms with van der Waals surface area (Å²) in [6, 6.07) is 7.66. The normalized spacial score (nSPS) is 16.9. The summed E-state index contributed by atoms with van der Waals surface area (Å²) in [5, 5.41) is 2.60. The average Bonchev–Trinajstić information content (AvgIpc) is 3.06. The summed E-state index contributed by atoms with van der Waals surface area (Å²) in [7, 11) is 0. The van der Waals surface area contributed by atoms with E-state index >= 15 is 0 Å². The van der Waals surface area contributed by atoms with Gasteiger partial charge in [0, 0.05) is 12.7 Å². The van der Waals surface area contributed by atoms with Crippen molar-refractivity contribution in [1.82, 2.24) is 9.88 Å². The molecule has 1 aromatic heterocycles. The maximum atomic E-state index is 13.4. The minimum Gasteiger partial charge on any atom is -0.327 e. The molecule has 124 valence electrons. The number of aromatic nitrogens is 1. The van der Waals surface area contributed by atoms with Crippen LogP contribution in [-0.4, -0.2) is 28.2 Å². The molecule has 0 aliphatic carbocycles. The molecule has 0 saturated carbocycles. The van der Waals surface area contributed by atoms with Gasteiger partial charge in [0.05, 0.1) is 17.9 Å². The zero-order valence-corrected chi connectivity index (χ0v) is 13.3. The zero-order valence-electron chi connectivity index (χ0n) is 13.3. The van der Waals surface area contributed by atoms with E-state index in [1.165, 1.54) is 23.2 Å². The highest BCUT2D eigenvalue weighted by Gasteiger charge is 2.33. The fraction of sp³-hybridized carbons (Fsp3) is 0.278. The second-order valence-electron chi connectivity index (χ2n) is 5.86. The Bertz CT molecular complexity index is 778. The Morgan fingerprint density at radius 2 is 2.17 bits per heavy atom. The molecule has 0 radical (unpaired) electrons. The molecule has 6 heteroatoms. The van der Waals surface area contributed by atoms with Crippen molar-refractivity contribution in [3.63, 3.8) is 0 Å². The van der Waals surface area contributed by atoms with Gasteiger partial charge in [-0.2, -0.15) is 0 Å². The van der Waals surface area contributed by atoms with Gasteiger partial charge in [0.15, 0.2) is 0 Å². The molecular weight excluding hydrogens is 309 g/mol. The topological polar surface area (TPSA) is 62.3 Å². The smallest absolute Gasteiger partial charge is 0.313 e. The van der Waals surface area contributed by atoms with E-state index in [1.807, 2.05) is 6.92 Å². The summed E-state index contributed by atoms with van der Waals surface area (Å²) in [4.78, 5) is 30.3. The second kappa shape index (κ2) is 6.78. The van der Waals surface area contributed by atoms with E-state index in [1.54, 1.807) is 24.4 Å². The predicted molar refractivity (Wildman–Crippen MR) is 87.7 cm³/mol. The lowest BCUT2D eigenvalue weighted by Crippen LogP contribution is -2.39. The largest absolute Gasteiger partial charge is 0.327 e. The number of hydrogen-bond acceptors (Lipinski definition) is 3. The molecule has 0 unspecified atom stereocenters. The zero-order chi connectivity index (χ0) is 17.1. The van der Waals surface area contributed by atoms with Gasteiger partial charge in [-0.3, -0.25) is 14.6 Å². The maximum Gasteiger partial charge on any atom is 0.313 e. The molecule has 5 nitrogen and oxygen atoms in total. The van der Waals surface area contributed by atoms with Crippen molar-refractivity contribution in [1.29, 1.82) is 0 Å². The molecule has 1 aliphatic heterocycles. The molecule has 1 aliphatic rings. The van der Waals surface area contributed by atoms with Crippen molar-refractivity contribution in [2.45, 2.75) is 25.8 Å². The molecule has 1 saturated heterocycles. The highest BCUT2D eigenvalue weighted by atomic mass is 19.1. The summed E-state index contributed by atoms with van der Waals surface area (Å²) in [6.45, 7) is 2.31. The number of halogens is 1. The van der Waals surface area contributed by atoms with Gasteiger partial charge in [-0.1, -0.05) is 12.1 Å². The lowest BCUT2D eigenvalue weighted by Gasteiger charge is -2.24. The van der Waals surface area contributed by atoms with Gasteiger partial charge in [0.1, 0.15) is 5.82 Å². The van der Waals surface area contributed by atoms with Crippen LogP contribution < -0.4 is 5.32 Å². The first-order chi connectivity index (χ1) is 11.6. The number of anilines is 1. The fourth-order valence-electron chi connectivity index (χ4n) is 2.97. The van der Waals surface area contributed by atoms with Crippen LogP contribution in [0.3, 0.4) is 0 Å². The van der Waals surface area contributed by atoms with Crippen molar-refractivity contribution in [2.75, 3.05) is 11.9 Å². The van der Waals surface area contributed by atoms with E-state index in [2.05, 4.69) is 10.3 Å². The van der Waals surface area contributed by atoms with Crippen LogP contribution in [0.5, 0.6) is 0 Å². The van der Waals surface area contributed by atoms with Crippen molar-refractivity contribution >= 4 is 17.5 Å². The number of carbonyl (C=O) groups excluding carboxylic acids is 2. The van der Waals surface area contributed by atoms with Crippen LogP contribution in [0, 0.1) is 12.7 Å². The third kappa shape index (κ3) is 3.27. The molecule has 3 rings (SSSR count). The number of hydrogen-bond donors (Lipinski definition) is 1. The van der Waals surface area contributed by atoms with Gasteiger partial charge in [0.25, 0.3) is 0 Å². The van der Waals surface area contributed by atoms with Crippen LogP contribution in [0.4, 0.5) is 10.1 Å². The van der Waals surface area contributed by atoms with Gasteiger partial charge >= 0.3 is 11.8 Å². The van der Waals surface area contributed by atoms with Crippen LogP contribution in [0.25, 0.3) is 0 Å². The highest BCUT2D eigenvalue weighted by molar-refractivity contribution is 6.39. The summed E-state index contributed by atoms with van der Waals surface area (Å²) < 4.78 is 13.4. The number of nitrogens with one attached hydrogen (secondary N) is 1. The summed E-state index contributed by atoms with van der Waals surface area (Å²) in [6.07, 6.45) is 4.63. The second-order valence-corrected chi connectivity index (χ2v) is 5.86. The van der Waals surface area contributed by atoms with E-state index in [4.69, 9.17) is 0 Å². The number of benzene rings is 1. The number of carbonyl (C=O) groups is 2. The van der Waals surface area contributed by atoms with E-state index < -0.39 is 11.8 Å². The van der Waals surface area contributed by atoms with Crippen molar-refractivity contribution in [3.8, 4) is 0 Å². The molecule has 24 heavy (non-hydrogen) atoms. The Morgan fingerprint density at radius 1 is 1.33 bits per heavy atom. The number of likely N-dealkylation sites (tertiary alicyclic amines) is 1. The van der Waals surface area contributed by atoms with E-state index in [9.17, 15) is 14.0 Å². The lowest BCUT2D eigenvalue weighted by atomic mass is 10.0. The van der Waals surface area contributed by atoms with Crippen molar-refractivity contribution < 1.29 is 14.0 Å². The Morgan fingerprint density at radius 3 is 2.92 bits per heavy atom. The van der Waals surface area contributed by atoms with Gasteiger partial charge in [-0.25, -0.2) is 4.39 Å². The van der Waals surface area contributed by atoms with Gasteiger partial charge in [-0.15, -0.1) is 0 Å². The lowest BCUT2D eigenvalue weighted by molar-refractivity contribution is -0.143. The molecule has 1 aromatic carbocycles. The first-order valence-corrected chi connectivity index (χ1v) is 7.84. The first-order valence-electron chi connectivity index (χ1n) is 7.84. The molecule has 1 fully saturated rings. The summed E-state index contributed by atoms with van der Waals surface area (Å²) in [5.41, 5.74) is 2.05. The quantitative estimate of drug-likeness (QED) is 0.863. The minimum absolute atomic E-state index is 0.269. The molecule has 2 amide bonds. The van der Waals surface area contributed by atoms with Crippen LogP contribution in [0.1, 0.15) is 30.0 Å². The van der Waals surface area contributed by atoms with Gasteiger partial charge in [-0.05, 0) is 49.1 Å². The van der Waals surface area contributed by atoms with Crippen LogP contribution in [0.2, 0.25) is 0 Å². The first kappa shape index (κ1) is 16.1. The van der Waals surface area contributed by atoms with Crippen molar-refractivity contribution in [2.24, 2.45) is 0 Å². The number of nitrogens with zero attached hydrogens (tertiary/aromatic N) is 2. The maximum absolute atomic E-state index is 13.4. The van der Waals surface area contributed by atoms with E-state index in [-0.39, 0.29) is 11.9 Å². The van der Waals surface area contributed by atoms with Crippen molar-refractivity contribution in [3.05, 3.63) is 59.7 Å². The average molecular weight is 327 g/mol. The predicted octanol–water partition coefficient (Wildman–Crippen LogP) is 2.83. The molecule has 2 heterocycles. The Balaban J connectivity index is 1.76. The molecule has 1 atom stereocenters. The number of aryl methyl sites for hydroxylation is 1. The number of rotatable bonds is 2. The van der Waals surface area contributed by atoms with Gasteiger partial charge < -0.3 is 10.2 Å². The highest BCUT2D eigenvalue weighted by Crippen LogP contribution is 2.32. The van der Waals surface area contributed by atoms with Crippen LogP contribution in [-0.2, 0) is 9.59 Å². The van der Waals surface area contributed by atoms with Crippen LogP contribution in [0.15, 0.2) is 42.7 Å². The molecule has 0 spiro atoms. The monoisotopic (exact) mass is 327 g/mol.